The first-order chi connectivity index (χ1) is 8.65. The molecule has 0 radical (unpaired) electrons. The highest BCUT2D eigenvalue weighted by atomic mass is 32.1. The third kappa shape index (κ3) is 3.63. The summed E-state index contributed by atoms with van der Waals surface area (Å²) in [4.78, 5) is 5.53. The zero-order chi connectivity index (χ0) is 13.0. The summed E-state index contributed by atoms with van der Waals surface area (Å²) in [5.74, 6) is 0. The standard InChI is InChI=1S/C12H18N4OS/c1-9-6-14-12(18-9)10(2)13-7-11(17)8-16-5-3-4-15-16/h3-6,10-11,13,17H,7-8H2,1-2H3. The van der Waals surface area contributed by atoms with Gasteiger partial charge in [-0.25, -0.2) is 4.98 Å². The van der Waals surface area contributed by atoms with Gasteiger partial charge >= 0.3 is 0 Å². The maximum atomic E-state index is 9.88. The van der Waals surface area contributed by atoms with Gasteiger partial charge in [0.1, 0.15) is 5.01 Å². The molecule has 0 aliphatic rings. The molecule has 0 amide bonds. The average molecular weight is 266 g/mol. The van der Waals surface area contributed by atoms with Crippen molar-refractivity contribution in [2.24, 2.45) is 0 Å². The van der Waals surface area contributed by atoms with Gasteiger partial charge in [0.25, 0.3) is 0 Å². The number of aliphatic hydroxyl groups excluding tert-OH is 1. The molecule has 2 rings (SSSR count). The van der Waals surface area contributed by atoms with Crippen LogP contribution < -0.4 is 5.32 Å². The molecule has 0 saturated carbocycles. The van der Waals surface area contributed by atoms with E-state index in [4.69, 9.17) is 0 Å². The summed E-state index contributed by atoms with van der Waals surface area (Å²) in [5.41, 5.74) is 0. The molecule has 18 heavy (non-hydrogen) atoms. The molecule has 2 N–H and O–H groups in total. The lowest BCUT2D eigenvalue weighted by atomic mass is 10.3. The van der Waals surface area contributed by atoms with Crippen molar-refractivity contribution in [3.63, 3.8) is 0 Å². The minimum absolute atomic E-state index is 0.163. The van der Waals surface area contributed by atoms with Crippen LogP contribution in [0.2, 0.25) is 0 Å². The second-order valence-corrected chi connectivity index (χ2v) is 5.59. The van der Waals surface area contributed by atoms with E-state index in [2.05, 4.69) is 22.3 Å². The number of aromatic nitrogens is 3. The minimum Gasteiger partial charge on any atom is -0.390 e. The third-order valence-electron chi connectivity index (χ3n) is 2.63. The zero-order valence-electron chi connectivity index (χ0n) is 10.6. The van der Waals surface area contributed by atoms with Crippen LogP contribution in [0.25, 0.3) is 0 Å². The van der Waals surface area contributed by atoms with Crippen LogP contribution in [0.15, 0.2) is 24.7 Å². The highest BCUT2D eigenvalue weighted by Gasteiger charge is 2.11. The summed E-state index contributed by atoms with van der Waals surface area (Å²) in [6, 6.07) is 2.01. The first-order valence-electron chi connectivity index (χ1n) is 5.96. The summed E-state index contributed by atoms with van der Waals surface area (Å²) in [6.07, 6.45) is 4.98. The summed E-state index contributed by atoms with van der Waals surface area (Å²) >= 11 is 1.68. The van der Waals surface area contributed by atoms with Crippen LogP contribution in [0.3, 0.4) is 0 Å². The van der Waals surface area contributed by atoms with E-state index in [0.717, 1.165) is 5.01 Å². The molecule has 2 unspecified atom stereocenters. The summed E-state index contributed by atoms with van der Waals surface area (Å²) < 4.78 is 1.73. The molecule has 2 aromatic rings. The first kappa shape index (κ1) is 13.2. The molecule has 0 spiro atoms. The molecular formula is C12H18N4OS. The van der Waals surface area contributed by atoms with Crippen LogP contribution in [0.5, 0.6) is 0 Å². The molecule has 0 bridgehead atoms. The quantitative estimate of drug-likeness (QED) is 0.828. The third-order valence-corrected chi connectivity index (χ3v) is 3.72. The Morgan fingerprint density at radius 1 is 1.56 bits per heavy atom. The Morgan fingerprint density at radius 3 is 3.00 bits per heavy atom. The highest BCUT2D eigenvalue weighted by molar-refractivity contribution is 7.11. The first-order valence-corrected chi connectivity index (χ1v) is 6.78. The van der Waals surface area contributed by atoms with Crippen LogP contribution in [0.1, 0.15) is 22.9 Å². The molecular weight excluding hydrogens is 248 g/mol. The van der Waals surface area contributed by atoms with Crippen molar-refractivity contribution in [1.29, 1.82) is 0 Å². The van der Waals surface area contributed by atoms with Gasteiger partial charge in [-0.05, 0) is 19.9 Å². The van der Waals surface area contributed by atoms with Gasteiger partial charge in [-0.2, -0.15) is 5.10 Å². The van der Waals surface area contributed by atoms with Crippen molar-refractivity contribution in [1.82, 2.24) is 20.1 Å². The molecule has 0 aliphatic heterocycles. The van der Waals surface area contributed by atoms with Gasteiger partial charge in [-0.1, -0.05) is 0 Å². The highest BCUT2D eigenvalue weighted by Crippen LogP contribution is 2.18. The topological polar surface area (TPSA) is 63.0 Å². The van der Waals surface area contributed by atoms with Gasteiger partial charge in [0.2, 0.25) is 0 Å². The van der Waals surface area contributed by atoms with Crippen LogP contribution >= 0.6 is 11.3 Å². The number of nitrogens with zero attached hydrogens (tertiary/aromatic N) is 3. The fourth-order valence-corrected chi connectivity index (χ4v) is 2.46. The van der Waals surface area contributed by atoms with E-state index in [9.17, 15) is 5.11 Å². The Hall–Kier alpha value is -1.24. The molecule has 5 nitrogen and oxygen atoms in total. The molecule has 98 valence electrons. The number of hydrogen-bond acceptors (Lipinski definition) is 5. The smallest absolute Gasteiger partial charge is 0.109 e. The number of hydrogen-bond donors (Lipinski definition) is 2. The summed E-state index contributed by atoms with van der Waals surface area (Å²) in [7, 11) is 0. The number of rotatable bonds is 6. The molecule has 2 atom stereocenters. The molecule has 2 heterocycles. The Kier molecular flexibility index (Phi) is 4.46. The van der Waals surface area contributed by atoms with Crippen molar-refractivity contribution >= 4 is 11.3 Å². The summed E-state index contributed by atoms with van der Waals surface area (Å²) in [5, 5.41) is 18.3. The maximum Gasteiger partial charge on any atom is 0.109 e. The van der Waals surface area contributed by atoms with Crippen molar-refractivity contribution in [2.75, 3.05) is 6.54 Å². The Balaban J connectivity index is 1.77. The fourth-order valence-electron chi connectivity index (χ4n) is 1.66. The number of aryl methyl sites for hydroxylation is 1. The van der Waals surface area contributed by atoms with Crippen LogP contribution in [-0.4, -0.2) is 32.5 Å². The van der Waals surface area contributed by atoms with Crippen molar-refractivity contribution in [2.45, 2.75) is 32.5 Å². The number of thiazole rings is 1. The van der Waals surface area contributed by atoms with Gasteiger partial charge in [0.15, 0.2) is 0 Å². The maximum absolute atomic E-state index is 9.88. The van der Waals surface area contributed by atoms with E-state index in [0.29, 0.717) is 13.1 Å². The zero-order valence-corrected chi connectivity index (χ0v) is 11.4. The largest absolute Gasteiger partial charge is 0.390 e. The van der Waals surface area contributed by atoms with Gasteiger partial charge < -0.3 is 10.4 Å². The second kappa shape index (κ2) is 6.08. The molecule has 0 fully saturated rings. The SMILES string of the molecule is Cc1cnc(C(C)NCC(O)Cn2cccn2)s1. The summed E-state index contributed by atoms with van der Waals surface area (Å²) in [6.45, 7) is 5.13. The number of aliphatic hydroxyl groups is 1. The van der Waals surface area contributed by atoms with Gasteiger partial charge in [0.05, 0.1) is 18.7 Å². The second-order valence-electron chi connectivity index (χ2n) is 4.32. The predicted octanol–water partition coefficient (Wildman–Crippen LogP) is 1.36. The van der Waals surface area contributed by atoms with E-state index in [1.807, 2.05) is 25.4 Å². The van der Waals surface area contributed by atoms with E-state index in [1.165, 1.54) is 4.88 Å². The van der Waals surface area contributed by atoms with Gasteiger partial charge in [-0.3, -0.25) is 4.68 Å². The van der Waals surface area contributed by atoms with Crippen LogP contribution in [0.4, 0.5) is 0 Å². The minimum atomic E-state index is -0.451. The van der Waals surface area contributed by atoms with Crippen molar-refractivity contribution in [3.8, 4) is 0 Å². The average Bonchev–Trinajstić information content (AvgIpc) is 2.97. The predicted molar refractivity (Wildman–Crippen MR) is 71.5 cm³/mol. The van der Waals surface area contributed by atoms with Gasteiger partial charge in [0, 0.05) is 30.0 Å². The van der Waals surface area contributed by atoms with Crippen molar-refractivity contribution < 1.29 is 5.11 Å². The van der Waals surface area contributed by atoms with E-state index in [1.54, 1.807) is 22.2 Å². The van der Waals surface area contributed by atoms with Crippen LogP contribution in [-0.2, 0) is 6.54 Å². The molecule has 0 aliphatic carbocycles. The van der Waals surface area contributed by atoms with Crippen LogP contribution in [0, 0.1) is 6.92 Å². The lowest BCUT2D eigenvalue weighted by Crippen LogP contribution is -2.32. The van der Waals surface area contributed by atoms with Crippen molar-refractivity contribution in [3.05, 3.63) is 34.5 Å². The molecule has 2 aromatic heterocycles. The Labute approximate surface area is 110 Å². The monoisotopic (exact) mass is 266 g/mol. The normalized spacial score (nSPS) is 14.6. The lowest BCUT2D eigenvalue weighted by molar-refractivity contribution is 0.143. The van der Waals surface area contributed by atoms with E-state index >= 15 is 0 Å². The molecule has 0 aromatic carbocycles. The lowest BCUT2D eigenvalue weighted by Gasteiger charge is -2.15. The van der Waals surface area contributed by atoms with Gasteiger partial charge in [-0.15, -0.1) is 11.3 Å². The Morgan fingerprint density at radius 2 is 2.39 bits per heavy atom. The number of nitrogens with one attached hydrogen (secondary N) is 1. The van der Waals surface area contributed by atoms with E-state index < -0.39 is 6.10 Å². The molecule has 6 heteroatoms. The van der Waals surface area contributed by atoms with E-state index in [-0.39, 0.29) is 6.04 Å². The Bertz CT molecular complexity index is 468. The fraction of sp³-hybridized carbons (Fsp3) is 0.500. The molecule has 0 saturated heterocycles.